The summed E-state index contributed by atoms with van der Waals surface area (Å²) < 4.78 is 4.68. The van der Waals surface area contributed by atoms with Gasteiger partial charge in [0, 0.05) is 21.2 Å². The molecule has 2 aliphatic heterocycles. The fourth-order valence-corrected chi connectivity index (χ4v) is 6.08. The maximum absolute atomic E-state index is 12.0. The smallest absolute Gasteiger partial charge is 0.356 e. The molecule has 2 aromatic carbocycles. The molecular weight excluding hydrogens is 613 g/mol. The highest BCUT2D eigenvalue weighted by Gasteiger charge is 2.27. The summed E-state index contributed by atoms with van der Waals surface area (Å²) in [6, 6.07) is 16.8. The number of hydrogen-bond acceptors (Lipinski definition) is 11. The number of amidine groups is 1. The second kappa shape index (κ2) is 14.2. The number of aliphatic imine (C=N–C) groups is 1. The molecule has 0 atom stereocenters. The number of rotatable bonds is 6. The van der Waals surface area contributed by atoms with Gasteiger partial charge in [-0.3, -0.25) is 15.0 Å². The van der Waals surface area contributed by atoms with Gasteiger partial charge in [0.1, 0.15) is 11.1 Å². The van der Waals surface area contributed by atoms with Gasteiger partial charge in [0.05, 0.1) is 28.5 Å². The zero-order valence-electron chi connectivity index (χ0n) is 25.2. The molecule has 7 N–H and O–H groups in total. The molecule has 0 radical (unpaired) electrons. The molecule has 3 aromatic rings. The van der Waals surface area contributed by atoms with Crippen molar-refractivity contribution < 1.29 is 19.1 Å². The van der Waals surface area contributed by atoms with E-state index in [2.05, 4.69) is 30.3 Å². The molecule has 2 aliphatic rings. The zero-order chi connectivity index (χ0) is 32.8. The first kappa shape index (κ1) is 33.0. The van der Waals surface area contributed by atoms with E-state index in [1.54, 1.807) is 6.92 Å². The van der Waals surface area contributed by atoms with Crippen LogP contribution in [0, 0.1) is 18.3 Å². The number of aryl methyl sites for hydroxylation is 1. The van der Waals surface area contributed by atoms with Crippen LogP contribution in [0.1, 0.15) is 42.8 Å². The number of amides is 2. The van der Waals surface area contributed by atoms with Gasteiger partial charge in [-0.05, 0) is 50.1 Å². The first-order valence-corrected chi connectivity index (χ1v) is 15.3. The molecule has 0 aliphatic carbocycles. The van der Waals surface area contributed by atoms with Crippen LogP contribution in [-0.2, 0) is 14.3 Å². The van der Waals surface area contributed by atoms with Crippen LogP contribution in [0.25, 0.3) is 5.57 Å². The van der Waals surface area contributed by atoms with Crippen molar-refractivity contribution in [3.8, 4) is 0 Å². The lowest BCUT2D eigenvalue weighted by Gasteiger charge is -2.09. The minimum atomic E-state index is -0.681. The van der Waals surface area contributed by atoms with Crippen LogP contribution >= 0.6 is 23.5 Å². The number of carbonyl (C=O) groups excluding carboxylic acids is 3. The van der Waals surface area contributed by atoms with E-state index in [4.69, 9.17) is 16.9 Å². The summed E-state index contributed by atoms with van der Waals surface area (Å²) in [6.45, 7) is 7.51. The number of fused-ring (bicyclic) bond motifs is 2. The zero-order valence-corrected chi connectivity index (χ0v) is 26.9. The predicted molar refractivity (Wildman–Crippen MR) is 178 cm³/mol. The Balaban J connectivity index is 0.000000207. The van der Waals surface area contributed by atoms with Gasteiger partial charge in [0.15, 0.2) is 17.4 Å². The summed E-state index contributed by atoms with van der Waals surface area (Å²) >= 11 is 2.76. The maximum atomic E-state index is 12.0. The fourth-order valence-electron chi connectivity index (χ4n) is 3.97. The van der Waals surface area contributed by atoms with Crippen molar-refractivity contribution in [2.45, 2.75) is 37.5 Å². The minimum Gasteiger partial charge on any atom is -0.464 e. The van der Waals surface area contributed by atoms with E-state index in [9.17, 15) is 14.4 Å². The van der Waals surface area contributed by atoms with E-state index < -0.39 is 17.8 Å². The third kappa shape index (κ3) is 7.77. The van der Waals surface area contributed by atoms with Gasteiger partial charge in [-0.1, -0.05) is 61.6 Å². The Kier molecular flexibility index (Phi) is 10.4. The van der Waals surface area contributed by atoms with E-state index in [0.29, 0.717) is 15.8 Å². The van der Waals surface area contributed by atoms with Crippen LogP contribution in [0.3, 0.4) is 0 Å². The molecule has 12 nitrogen and oxygen atoms in total. The summed E-state index contributed by atoms with van der Waals surface area (Å²) in [5, 5.41) is 15.4. The summed E-state index contributed by atoms with van der Waals surface area (Å²) in [4.78, 5) is 50.0. The lowest BCUT2D eigenvalue weighted by molar-refractivity contribution is -0.114. The number of primary amides is 2. The molecule has 0 saturated heterocycles. The second-order valence-corrected chi connectivity index (χ2v) is 12.2. The van der Waals surface area contributed by atoms with E-state index in [-0.39, 0.29) is 34.4 Å². The lowest BCUT2D eigenvalue weighted by Crippen LogP contribution is -2.23. The molecular formula is C31H32N8O4S2. The van der Waals surface area contributed by atoms with Crippen molar-refractivity contribution in [3.63, 3.8) is 0 Å². The number of carbonyl (C=O) groups is 3. The molecule has 232 valence electrons. The molecule has 1 aromatic heterocycles. The van der Waals surface area contributed by atoms with Crippen molar-refractivity contribution in [1.29, 1.82) is 5.41 Å². The molecule has 0 saturated carbocycles. The van der Waals surface area contributed by atoms with Crippen LogP contribution in [-0.4, -0.2) is 46.4 Å². The van der Waals surface area contributed by atoms with E-state index >= 15 is 0 Å². The number of benzene rings is 2. The van der Waals surface area contributed by atoms with Gasteiger partial charge >= 0.3 is 5.97 Å². The number of nitrogens with two attached hydrogens (primary N) is 2. The van der Waals surface area contributed by atoms with Gasteiger partial charge in [-0.15, -0.1) is 0 Å². The summed E-state index contributed by atoms with van der Waals surface area (Å²) in [6.07, 6.45) is 0. The number of thioether (sulfide) groups is 2. The third-order valence-electron chi connectivity index (χ3n) is 6.47. The number of para-hydroxylation sites is 2. The van der Waals surface area contributed by atoms with Gasteiger partial charge in [0.2, 0.25) is 0 Å². The number of nitrogens with zero attached hydrogens (tertiary/aromatic N) is 3. The first-order chi connectivity index (χ1) is 21.4. The lowest BCUT2D eigenvalue weighted by atomic mass is 10.1. The average molecular weight is 645 g/mol. The Morgan fingerprint density at radius 1 is 0.911 bits per heavy atom. The first-order valence-electron chi connectivity index (χ1n) is 13.6. The Morgan fingerprint density at radius 2 is 1.47 bits per heavy atom. The topological polar surface area (TPSA) is 199 Å². The Labute approximate surface area is 268 Å². The largest absolute Gasteiger partial charge is 0.464 e. The highest BCUT2D eigenvalue weighted by molar-refractivity contribution is 8.04. The van der Waals surface area contributed by atoms with Crippen molar-refractivity contribution in [3.05, 3.63) is 87.4 Å². The average Bonchev–Trinajstić information content (AvgIpc) is 3.60. The minimum absolute atomic E-state index is 0.0693. The number of nitrogens with one attached hydrogen (secondary N) is 3. The fraction of sp³-hybridized carbons (Fsp3) is 0.194. The number of hydrogen-bond donors (Lipinski definition) is 5. The quantitative estimate of drug-likeness (QED) is 0.106. The molecule has 45 heavy (non-hydrogen) atoms. The SMILES string of the molecule is CC(=NC(=N)/C(C(N)=O)=C1/Nc2ccccc2S1)C(C)C.COC(=O)c1cc(C)nc(/C(C(N)=O)=C2/Nc3ccccc3S2)n1. The molecule has 2 amide bonds. The number of aromatic nitrogens is 2. The molecule has 0 spiro atoms. The van der Waals surface area contributed by atoms with Crippen LogP contribution in [0.4, 0.5) is 11.4 Å². The van der Waals surface area contributed by atoms with Gasteiger partial charge in [-0.2, -0.15) is 0 Å². The van der Waals surface area contributed by atoms with Gasteiger partial charge in [-0.25, -0.2) is 19.8 Å². The number of ether oxygens (including phenoxy) is 1. The van der Waals surface area contributed by atoms with E-state index in [1.807, 2.05) is 69.3 Å². The van der Waals surface area contributed by atoms with Crippen LogP contribution in [0.15, 0.2) is 85.0 Å². The van der Waals surface area contributed by atoms with Crippen LogP contribution < -0.4 is 22.1 Å². The normalized spacial score (nSPS) is 15.5. The highest BCUT2D eigenvalue weighted by Crippen LogP contribution is 2.44. The van der Waals surface area contributed by atoms with Crippen molar-refractivity contribution in [2.75, 3.05) is 17.7 Å². The molecule has 0 fully saturated rings. The molecule has 14 heteroatoms. The van der Waals surface area contributed by atoms with E-state index in [1.165, 1.54) is 36.7 Å². The monoisotopic (exact) mass is 644 g/mol. The standard InChI is InChI=1S/C16H14N4O3S.C15H18N4OS/c1-8-7-10(16(22)23-2)19-14(18-8)12(13(17)21)15-20-9-5-3-4-6-11(9)24-15;1-8(2)9(3)18-13(16)12(14(17)20)15-19-10-6-4-5-7-11(10)21-15/h3-7,20H,1-2H3,(H2,17,21);4-8,16,19H,1-3H3,(H2,17,20)/b15-12-;15-12+,16-13?,18-9?. The van der Waals surface area contributed by atoms with Gasteiger partial charge < -0.3 is 26.8 Å². The maximum Gasteiger partial charge on any atom is 0.356 e. The molecule has 5 rings (SSSR count). The van der Waals surface area contributed by atoms with Crippen molar-refractivity contribution in [1.82, 2.24) is 9.97 Å². The van der Waals surface area contributed by atoms with Gasteiger partial charge in [0.25, 0.3) is 11.8 Å². The Bertz CT molecular complexity index is 1750. The summed E-state index contributed by atoms with van der Waals surface area (Å²) in [5.41, 5.74) is 14.4. The predicted octanol–water partition coefficient (Wildman–Crippen LogP) is 4.94. The van der Waals surface area contributed by atoms with Crippen molar-refractivity contribution >= 4 is 69.8 Å². The second-order valence-electron chi connectivity index (χ2n) is 10.0. The molecule has 0 unspecified atom stereocenters. The third-order valence-corrected chi connectivity index (χ3v) is 8.65. The highest BCUT2D eigenvalue weighted by atomic mass is 32.2. The van der Waals surface area contributed by atoms with Crippen molar-refractivity contribution in [2.24, 2.45) is 22.4 Å². The Hall–Kier alpha value is -4.95. The Morgan fingerprint density at radius 3 is 1.98 bits per heavy atom. The summed E-state index contributed by atoms with van der Waals surface area (Å²) in [5.74, 6) is -1.73. The van der Waals surface area contributed by atoms with Crippen LogP contribution in [0.2, 0.25) is 0 Å². The number of methoxy groups -OCH3 is 1. The molecule has 0 bridgehead atoms. The molecule has 3 heterocycles. The van der Waals surface area contributed by atoms with Crippen LogP contribution in [0.5, 0.6) is 0 Å². The summed E-state index contributed by atoms with van der Waals surface area (Å²) in [7, 11) is 1.26. The number of anilines is 2. The number of esters is 1. The van der Waals surface area contributed by atoms with E-state index in [0.717, 1.165) is 26.9 Å².